The van der Waals surface area contributed by atoms with E-state index in [4.69, 9.17) is 0 Å². The molecule has 4 rings (SSSR count). The smallest absolute Gasteiger partial charge is 0.372 e. The molecule has 34 heavy (non-hydrogen) atoms. The third-order valence-electron chi connectivity index (χ3n) is 6.69. The molecule has 1 aromatic heterocycles. The number of nitrogens with one attached hydrogen (secondary N) is 2. The minimum atomic E-state index is -4.10. The monoisotopic (exact) mass is 476 g/mol. The topological polar surface area (TPSA) is 73.4 Å². The molecule has 2 aliphatic heterocycles. The standard InChI is InChI=1S/C24H31F3N6O/c1-32-10-6-17(7-11-32)23(34)30-16-22-28-14-20(15-29-22)31-19-2-4-21(5-3-19)33-12-8-18(9-13-33)24(25,26)27/h2-5,14-15,17-18,31H,6-13,16H2,1H3,(H,30,34). The lowest BCUT2D eigenvalue weighted by atomic mass is 9.96. The number of carbonyl (C=O) groups is 1. The number of benzene rings is 1. The first kappa shape index (κ1) is 24.3. The minimum Gasteiger partial charge on any atom is -0.372 e. The molecule has 0 bridgehead atoms. The molecule has 10 heteroatoms. The Bertz CT molecular complexity index is 935. The van der Waals surface area contributed by atoms with E-state index in [1.807, 2.05) is 29.2 Å². The van der Waals surface area contributed by atoms with Gasteiger partial charge in [0.25, 0.3) is 0 Å². The zero-order chi connectivity index (χ0) is 24.1. The normalized spacial score (nSPS) is 18.6. The predicted molar refractivity (Wildman–Crippen MR) is 125 cm³/mol. The van der Waals surface area contributed by atoms with Gasteiger partial charge in [-0.25, -0.2) is 9.97 Å². The second-order valence-corrected chi connectivity index (χ2v) is 9.16. The lowest BCUT2D eigenvalue weighted by Gasteiger charge is -2.34. The molecule has 1 amide bonds. The predicted octanol–water partition coefficient (Wildman–Crippen LogP) is 3.96. The van der Waals surface area contributed by atoms with Crippen molar-refractivity contribution in [2.24, 2.45) is 11.8 Å². The molecule has 0 spiro atoms. The molecule has 2 N–H and O–H groups in total. The Kier molecular flexibility index (Phi) is 7.55. The summed E-state index contributed by atoms with van der Waals surface area (Å²) in [7, 11) is 2.07. The molecule has 7 nitrogen and oxygen atoms in total. The molecular weight excluding hydrogens is 445 g/mol. The van der Waals surface area contributed by atoms with Gasteiger partial charge in [-0.1, -0.05) is 0 Å². The quantitative estimate of drug-likeness (QED) is 0.658. The van der Waals surface area contributed by atoms with Gasteiger partial charge in [-0.05, 0) is 70.1 Å². The number of carbonyl (C=O) groups excluding carboxylic acids is 1. The second-order valence-electron chi connectivity index (χ2n) is 9.16. The first-order valence-corrected chi connectivity index (χ1v) is 11.7. The van der Waals surface area contributed by atoms with E-state index in [-0.39, 0.29) is 24.7 Å². The Morgan fingerprint density at radius 1 is 0.971 bits per heavy atom. The fourth-order valence-electron chi connectivity index (χ4n) is 4.48. The van der Waals surface area contributed by atoms with Crippen LogP contribution in [0.25, 0.3) is 0 Å². The van der Waals surface area contributed by atoms with Gasteiger partial charge in [-0.3, -0.25) is 4.79 Å². The molecule has 184 valence electrons. The highest BCUT2D eigenvalue weighted by Gasteiger charge is 2.41. The molecule has 2 aromatic rings. The van der Waals surface area contributed by atoms with Gasteiger partial charge in [0.2, 0.25) is 5.91 Å². The van der Waals surface area contributed by atoms with E-state index in [9.17, 15) is 18.0 Å². The number of piperidine rings is 2. The largest absolute Gasteiger partial charge is 0.391 e. The molecule has 0 aliphatic carbocycles. The summed E-state index contributed by atoms with van der Waals surface area (Å²) in [5.74, 6) is -0.544. The van der Waals surface area contributed by atoms with Crippen molar-refractivity contribution in [3.63, 3.8) is 0 Å². The van der Waals surface area contributed by atoms with Crippen molar-refractivity contribution in [3.05, 3.63) is 42.5 Å². The average Bonchev–Trinajstić information content (AvgIpc) is 2.84. The molecule has 0 saturated carbocycles. The number of hydrogen-bond acceptors (Lipinski definition) is 6. The van der Waals surface area contributed by atoms with Crippen LogP contribution in [0.15, 0.2) is 36.7 Å². The zero-order valence-corrected chi connectivity index (χ0v) is 19.3. The Morgan fingerprint density at radius 2 is 1.59 bits per heavy atom. The lowest BCUT2D eigenvalue weighted by Crippen LogP contribution is -2.38. The number of nitrogens with zero attached hydrogens (tertiary/aromatic N) is 4. The van der Waals surface area contributed by atoms with E-state index in [1.54, 1.807) is 12.4 Å². The number of likely N-dealkylation sites (tertiary alicyclic amines) is 1. The number of anilines is 3. The first-order valence-electron chi connectivity index (χ1n) is 11.7. The molecule has 2 saturated heterocycles. The minimum absolute atomic E-state index is 0.0520. The second kappa shape index (κ2) is 10.6. The van der Waals surface area contributed by atoms with Crippen molar-refractivity contribution >= 4 is 23.0 Å². The van der Waals surface area contributed by atoms with E-state index in [1.165, 1.54) is 0 Å². The Hall–Kier alpha value is -2.88. The summed E-state index contributed by atoms with van der Waals surface area (Å²) in [6, 6.07) is 7.59. The molecule has 3 heterocycles. The van der Waals surface area contributed by atoms with E-state index in [0.717, 1.165) is 37.3 Å². The number of alkyl halides is 3. The van der Waals surface area contributed by atoms with Crippen molar-refractivity contribution in [2.75, 3.05) is 43.4 Å². The number of amides is 1. The van der Waals surface area contributed by atoms with Crippen molar-refractivity contribution in [1.82, 2.24) is 20.2 Å². The van der Waals surface area contributed by atoms with Crippen LogP contribution in [0.3, 0.4) is 0 Å². The van der Waals surface area contributed by atoms with Crippen LogP contribution in [0.1, 0.15) is 31.5 Å². The number of aromatic nitrogens is 2. The number of rotatable bonds is 6. The van der Waals surface area contributed by atoms with Crippen LogP contribution in [0, 0.1) is 11.8 Å². The molecule has 0 unspecified atom stereocenters. The van der Waals surface area contributed by atoms with Gasteiger partial charge in [0, 0.05) is 30.4 Å². The number of hydrogen-bond donors (Lipinski definition) is 2. The van der Waals surface area contributed by atoms with Crippen LogP contribution in [-0.2, 0) is 11.3 Å². The van der Waals surface area contributed by atoms with E-state index < -0.39 is 12.1 Å². The number of halogens is 3. The summed E-state index contributed by atoms with van der Waals surface area (Å²) >= 11 is 0. The molecular formula is C24H31F3N6O. The van der Waals surface area contributed by atoms with Crippen LogP contribution in [0.4, 0.5) is 30.2 Å². The van der Waals surface area contributed by atoms with Crippen LogP contribution in [0.2, 0.25) is 0 Å². The van der Waals surface area contributed by atoms with Crippen LogP contribution >= 0.6 is 0 Å². The summed E-state index contributed by atoms with van der Waals surface area (Å²) in [5, 5.41) is 6.16. The first-order chi connectivity index (χ1) is 16.3. The van der Waals surface area contributed by atoms with Crippen LogP contribution in [-0.4, -0.2) is 60.2 Å². The van der Waals surface area contributed by atoms with Crippen LogP contribution in [0.5, 0.6) is 0 Å². The van der Waals surface area contributed by atoms with Gasteiger partial charge in [0.15, 0.2) is 0 Å². The highest BCUT2D eigenvalue weighted by Crippen LogP contribution is 2.35. The van der Waals surface area contributed by atoms with E-state index in [0.29, 0.717) is 31.1 Å². The Morgan fingerprint density at radius 3 is 2.18 bits per heavy atom. The van der Waals surface area contributed by atoms with Crippen molar-refractivity contribution in [3.8, 4) is 0 Å². The molecule has 0 atom stereocenters. The highest BCUT2D eigenvalue weighted by atomic mass is 19.4. The van der Waals surface area contributed by atoms with Gasteiger partial charge in [0.05, 0.1) is 30.5 Å². The fraction of sp³-hybridized carbons (Fsp3) is 0.542. The summed E-state index contributed by atoms with van der Waals surface area (Å²) in [6.45, 7) is 2.98. The van der Waals surface area contributed by atoms with E-state index in [2.05, 4.69) is 32.5 Å². The Labute approximate surface area is 197 Å². The van der Waals surface area contributed by atoms with Gasteiger partial charge in [-0.15, -0.1) is 0 Å². The SMILES string of the molecule is CN1CCC(C(=O)NCc2ncc(Nc3ccc(N4CCC(C(F)(F)F)CC4)cc3)cn2)CC1. The summed E-state index contributed by atoms with van der Waals surface area (Å²) in [6.07, 6.45) is 1.24. The summed E-state index contributed by atoms with van der Waals surface area (Å²) < 4.78 is 38.6. The van der Waals surface area contributed by atoms with Crippen LogP contribution < -0.4 is 15.5 Å². The average molecular weight is 477 g/mol. The third-order valence-corrected chi connectivity index (χ3v) is 6.69. The van der Waals surface area contributed by atoms with Gasteiger partial charge in [0.1, 0.15) is 5.82 Å². The van der Waals surface area contributed by atoms with Gasteiger partial charge >= 0.3 is 6.18 Å². The fourth-order valence-corrected chi connectivity index (χ4v) is 4.48. The molecule has 2 aliphatic rings. The van der Waals surface area contributed by atoms with Crippen molar-refractivity contribution in [2.45, 2.75) is 38.4 Å². The van der Waals surface area contributed by atoms with Gasteiger partial charge in [-0.2, -0.15) is 13.2 Å². The van der Waals surface area contributed by atoms with Crippen molar-refractivity contribution < 1.29 is 18.0 Å². The maximum atomic E-state index is 12.9. The van der Waals surface area contributed by atoms with Crippen molar-refractivity contribution in [1.29, 1.82) is 0 Å². The molecule has 2 fully saturated rings. The van der Waals surface area contributed by atoms with E-state index >= 15 is 0 Å². The third kappa shape index (κ3) is 6.37. The maximum Gasteiger partial charge on any atom is 0.391 e. The maximum absolute atomic E-state index is 12.9. The highest BCUT2D eigenvalue weighted by molar-refractivity contribution is 5.78. The molecule has 0 radical (unpaired) electrons. The lowest BCUT2D eigenvalue weighted by molar-refractivity contribution is -0.179. The zero-order valence-electron chi connectivity index (χ0n) is 19.3. The Balaban J connectivity index is 1.24. The van der Waals surface area contributed by atoms with Gasteiger partial charge < -0.3 is 20.4 Å². The summed E-state index contributed by atoms with van der Waals surface area (Å²) in [4.78, 5) is 25.2. The summed E-state index contributed by atoms with van der Waals surface area (Å²) in [5.41, 5.74) is 2.46. The molecule has 1 aromatic carbocycles.